The lowest BCUT2D eigenvalue weighted by Gasteiger charge is -2.62. The Kier molecular flexibility index (Phi) is 8.90. The Bertz CT molecular complexity index is 1650. The Hall–Kier alpha value is -4.37. The Morgan fingerprint density at radius 3 is 2.54 bits per heavy atom. The molecule has 0 amide bonds. The maximum Gasteiger partial charge on any atom is 0.573 e. The lowest BCUT2D eigenvalue weighted by Crippen LogP contribution is -2.62. The van der Waals surface area contributed by atoms with Gasteiger partial charge >= 0.3 is 12.3 Å². The summed E-state index contributed by atoms with van der Waals surface area (Å²) in [6.07, 6.45) is 4.03. The second-order valence-corrected chi connectivity index (χ2v) is 13.9. The van der Waals surface area contributed by atoms with Crippen LogP contribution in [0.5, 0.6) is 5.75 Å². The van der Waals surface area contributed by atoms with Crippen LogP contribution in [0.1, 0.15) is 61.6 Å². The van der Waals surface area contributed by atoms with E-state index in [4.69, 9.17) is 4.74 Å². The van der Waals surface area contributed by atoms with Crippen LogP contribution in [0.4, 0.5) is 24.9 Å². The zero-order valence-electron chi connectivity index (χ0n) is 26.6. The average Bonchev–Trinajstić information content (AvgIpc) is 3.55. The van der Waals surface area contributed by atoms with Crippen molar-refractivity contribution in [3.05, 3.63) is 77.5 Å². The van der Waals surface area contributed by atoms with Gasteiger partial charge in [-0.2, -0.15) is 10.2 Å². The van der Waals surface area contributed by atoms with Crippen LogP contribution in [0.25, 0.3) is 0 Å². The van der Waals surface area contributed by atoms with Gasteiger partial charge in [-0.3, -0.25) is 9.69 Å². The summed E-state index contributed by atoms with van der Waals surface area (Å²) in [5, 5.41) is 16.2. The van der Waals surface area contributed by atoms with Crippen molar-refractivity contribution in [2.45, 2.75) is 76.5 Å². The number of nitrogens with one attached hydrogen (secondary N) is 2. The fourth-order valence-corrected chi connectivity index (χ4v) is 9.15. The molecule has 4 bridgehead atoms. The standard InChI is InChI=1S/C36H39F3N6O3/c37-36(38,39)48-30-11-5-4-9-25(30)19-41-34-42-20-28(18-40)32(44-34)43-22-35-15-24-13-26(16-35)31(27(14-24)17-35)45-12-6-10-29(45)33(46)47-21-23-7-2-1-3-8-23/h1-5,7-9,11,20,24,26-27,29,31H,6,10,12-17,19,21-22H2,(H2,41,42,43,44)/t24?,26-,27+,29-,31?,35?/m1/s1. The van der Waals surface area contributed by atoms with Gasteiger partial charge in [0.05, 0.1) is 6.20 Å². The Labute approximate surface area is 277 Å². The van der Waals surface area contributed by atoms with Crippen LogP contribution in [0.15, 0.2) is 60.8 Å². The number of anilines is 2. The van der Waals surface area contributed by atoms with E-state index >= 15 is 0 Å². The van der Waals surface area contributed by atoms with Crippen molar-refractivity contribution >= 4 is 17.7 Å². The molecule has 4 saturated carbocycles. The number of carbonyl (C=O) groups excluding carboxylic acids is 1. The van der Waals surface area contributed by atoms with Gasteiger partial charge in [0.2, 0.25) is 5.95 Å². The molecule has 252 valence electrons. The first-order valence-corrected chi connectivity index (χ1v) is 16.7. The first kappa shape index (κ1) is 32.2. The molecule has 0 radical (unpaired) electrons. The van der Waals surface area contributed by atoms with Gasteiger partial charge in [0.1, 0.15) is 35.8 Å². The molecule has 9 nitrogen and oxygen atoms in total. The predicted molar refractivity (Wildman–Crippen MR) is 171 cm³/mol. The van der Waals surface area contributed by atoms with E-state index in [1.54, 1.807) is 6.07 Å². The molecule has 2 N–H and O–H groups in total. The van der Waals surface area contributed by atoms with Crippen molar-refractivity contribution in [2.24, 2.45) is 23.2 Å². The summed E-state index contributed by atoms with van der Waals surface area (Å²) in [5.41, 5.74) is 1.66. The third kappa shape index (κ3) is 6.92. The lowest BCUT2D eigenvalue weighted by molar-refractivity contribution is -0.274. The summed E-state index contributed by atoms with van der Waals surface area (Å²) in [6.45, 7) is 1.89. The number of nitrogens with zero attached hydrogens (tertiary/aromatic N) is 4. The third-order valence-corrected chi connectivity index (χ3v) is 10.7. The minimum Gasteiger partial charge on any atom is -0.460 e. The normalized spacial score (nSPS) is 27.8. The molecule has 8 rings (SSSR count). The number of hydrogen-bond donors (Lipinski definition) is 2. The number of para-hydroxylation sites is 1. The number of benzene rings is 2. The summed E-state index contributed by atoms with van der Waals surface area (Å²) in [4.78, 5) is 24.5. The van der Waals surface area contributed by atoms with Crippen molar-refractivity contribution < 1.29 is 27.4 Å². The number of alkyl halides is 3. The smallest absolute Gasteiger partial charge is 0.460 e. The summed E-state index contributed by atoms with van der Waals surface area (Å²) < 4.78 is 48.6. The van der Waals surface area contributed by atoms with Gasteiger partial charge in [-0.05, 0) is 86.3 Å². The van der Waals surface area contributed by atoms with Crippen LogP contribution < -0.4 is 15.4 Å². The van der Waals surface area contributed by atoms with E-state index < -0.39 is 6.36 Å². The first-order chi connectivity index (χ1) is 23.2. The van der Waals surface area contributed by atoms with Gasteiger partial charge in [-0.1, -0.05) is 48.5 Å². The number of rotatable bonds is 11. The number of carbonyl (C=O) groups is 1. The second kappa shape index (κ2) is 13.3. The van der Waals surface area contributed by atoms with Gasteiger partial charge < -0.3 is 20.1 Å². The monoisotopic (exact) mass is 660 g/mol. The van der Waals surface area contributed by atoms with Crippen LogP contribution in [-0.2, 0) is 22.7 Å². The molecule has 4 aliphatic carbocycles. The maximum atomic E-state index is 13.3. The van der Waals surface area contributed by atoms with Gasteiger partial charge in [-0.25, -0.2) is 4.98 Å². The van der Waals surface area contributed by atoms with Crippen molar-refractivity contribution in [1.82, 2.24) is 14.9 Å². The summed E-state index contributed by atoms with van der Waals surface area (Å²) in [6, 6.07) is 18.0. The van der Waals surface area contributed by atoms with E-state index in [-0.39, 0.29) is 35.7 Å². The highest BCUT2D eigenvalue weighted by molar-refractivity contribution is 5.76. The molecule has 1 aromatic heterocycles. The molecule has 1 aliphatic heterocycles. The summed E-state index contributed by atoms with van der Waals surface area (Å²) >= 11 is 0. The molecule has 48 heavy (non-hydrogen) atoms. The van der Waals surface area contributed by atoms with Crippen molar-refractivity contribution in [3.63, 3.8) is 0 Å². The second-order valence-electron chi connectivity index (χ2n) is 13.9. The zero-order chi connectivity index (χ0) is 33.3. The van der Waals surface area contributed by atoms with Gasteiger partial charge in [-0.15, -0.1) is 13.2 Å². The van der Waals surface area contributed by atoms with E-state index in [9.17, 15) is 23.2 Å². The molecule has 6 atom stereocenters. The van der Waals surface area contributed by atoms with Crippen LogP contribution in [-0.4, -0.2) is 52.4 Å². The fraction of sp³-hybridized carbons (Fsp3) is 0.500. The molecule has 2 aromatic carbocycles. The van der Waals surface area contributed by atoms with E-state index in [1.165, 1.54) is 37.2 Å². The number of ether oxygens (including phenoxy) is 2. The molecule has 2 heterocycles. The number of aromatic nitrogens is 2. The minimum absolute atomic E-state index is 0.00521. The number of hydrogen-bond acceptors (Lipinski definition) is 9. The molecule has 1 saturated heterocycles. The molecule has 0 spiro atoms. The van der Waals surface area contributed by atoms with Crippen molar-refractivity contribution in [1.29, 1.82) is 5.26 Å². The fourth-order valence-electron chi connectivity index (χ4n) is 9.15. The zero-order valence-corrected chi connectivity index (χ0v) is 26.6. The van der Waals surface area contributed by atoms with Gasteiger partial charge in [0.25, 0.3) is 0 Å². The average molecular weight is 661 g/mol. The number of likely N-dealkylation sites (tertiary alicyclic amines) is 1. The van der Waals surface area contributed by atoms with Gasteiger partial charge in [0.15, 0.2) is 0 Å². The van der Waals surface area contributed by atoms with Crippen molar-refractivity contribution in [3.8, 4) is 11.8 Å². The number of halogens is 3. The Morgan fingerprint density at radius 1 is 1.04 bits per heavy atom. The van der Waals surface area contributed by atoms with Crippen LogP contribution >= 0.6 is 0 Å². The summed E-state index contributed by atoms with van der Waals surface area (Å²) in [7, 11) is 0. The first-order valence-electron chi connectivity index (χ1n) is 16.7. The molecule has 5 fully saturated rings. The summed E-state index contributed by atoms with van der Waals surface area (Å²) in [5.74, 6) is 1.83. The highest BCUT2D eigenvalue weighted by atomic mass is 19.4. The minimum atomic E-state index is -4.81. The van der Waals surface area contributed by atoms with Crippen molar-refractivity contribution in [2.75, 3.05) is 23.7 Å². The molecule has 3 aromatic rings. The van der Waals surface area contributed by atoms with E-state index in [0.717, 1.165) is 44.2 Å². The predicted octanol–water partition coefficient (Wildman–Crippen LogP) is 6.67. The number of nitriles is 1. The molecule has 12 heteroatoms. The van der Waals surface area contributed by atoms with Crippen LogP contribution in [0.2, 0.25) is 0 Å². The maximum absolute atomic E-state index is 13.3. The topological polar surface area (TPSA) is 112 Å². The van der Waals surface area contributed by atoms with Gasteiger partial charge in [0, 0.05) is 24.7 Å². The SMILES string of the molecule is N#Cc1cnc(NCc2ccccc2OC(F)(F)F)nc1NCC12CC3C[C@H](C1)C(N1CCC[C@@H]1C(=O)OCc1ccccc1)[C@@H](C3)C2. The highest BCUT2D eigenvalue weighted by Crippen LogP contribution is 2.61. The Morgan fingerprint density at radius 2 is 1.79 bits per heavy atom. The van der Waals surface area contributed by atoms with E-state index in [2.05, 4.69) is 36.3 Å². The highest BCUT2D eigenvalue weighted by Gasteiger charge is 2.58. The lowest BCUT2D eigenvalue weighted by atomic mass is 9.47. The third-order valence-electron chi connectivity index (χ3n) is 10.7. The molecule has 3 unspecified atom stereocenters. The molecule has 5 aliphatic rings. The van der Waals surface area contributed by atoms with E-state index in [1.807, 2.05) is 30.3 Å². The van der Waals surface area contributed by atoms with Crippen LogP contribution in [0.3, 0.4) is 0 Å². The number of esters is 1. The molecular formula is C36H39F3N6O3. The molecular weight excluding hydrogens is 621 g/mol. The Balaban J connectivity index is 0.999. The van der Waals surface area contributed by atoms with Crippen LogP contribution in [0, 0.1) is 34.5 Å². The largest absolute Gasteiger partial charge is 0.573 e. The van der Waals surface area contributed by atoms with E-state index in [0.29, 0.717) is 53.9 Å². The quantitative estimate of drug-likeness (QED) is 0.218.